The average molecular weight is 548 g/mol. The van der Waals surface area contributed by atoms with Crippen molar-refractivity contribution in [3.63, 3.8) is 0 Å². The average Bonchev–Trinajstić information content (AvgIpc) is 2.86. The molecule has 0 radical (unpaired) electrons. The first-order chi connectivity index (χ1) is 18.8. The maximum Gasteiger partial charge on any atom is 0.238 e. The molecule has 2 unspecified atom stereocenters. The van der Waals surface area contributed by atoms with Gasteiger partial charge in [-0.15, -0.1) is 0 Å². The minimum atomic E-state index is -2.68. The molecule has 5 rings (SSSR count). The highest BCUT2D eigenvalue weighted by atomic mass is 16.3. The number of hydrogen-bond acceptors (Lipinski definition) is 9. The number of nitrogens with zero attached hydrogens (tertiary/aromatic N) is 1. The van der Waals surface area contributed by atoms with Crippen LogP contribution in [-0.4, -0.2) is 76.3 Å². The van der Waals surface area contributed by atoms with Gasteiger partial charge in [-0.2, -0.15) is 0 Å². The fraction of sp³-hybridized carbons (Fsp3) is 0.379. The van der Waals surface area contributed by atoms with Crippen LogP contribution in [0.2, 0.25) is 0 Å². The number of phenols is 1. The Morgan fingerprint density at radius 1 is 1.02 bits per heavy atom. The number of hydrogen-bond donors (Lipinski definition) is 4. The first-order valence-corrected chi connectivity index (χ1v) is 12.9. The molecule has 5 N–H and O–H groups in total. The van der Waals surface area contributed by atoms with E-state index in [-0.39, 0.29) is 43.0 Å². The first-order valence-electron chi connectivity index (χ1n) is 12.9. The van der Waals surface area contributed by atoms with Crippen LogP contribution in [0.3, 0.4) is 0 Å². The van der Waals surface area contributed by atoms with E-state index in [0.717, 1.165) is 0 Å². The van der Waals surface area contributed by atoms with Gasteiger partial charge in [0.2, 0.25) is 11.8 Å². The van der Waals surface area contributed by atoms with Gasteiger partial charge in [0, 0.05) is 18.0 Å². The second-order valence-electron chi connectivity index (χ2n) is 11.1. The normalized spacial score (nSPS) is 27.6. The Hall–Kier alpha value is -4.22. The van der Waals surface area contributed by atoms with Crippen LogP contribution in [0.15, 0.2) is 36.4 Å². The van der Waals surface area contributed by atoms with Gasteiger partial charge in [0.05, 0.1) is 18.0 Å². The molecule has 0 bridgehead atoms. The number of rotatable bonds is 5. The van der Waals surface area contributed by atoms with Crippen molar-refractivity contribution in [2.75, 3.05) is 26.0 Å². The van der Waals surface area contributed by atoms with Gasteiger partial charge < -0.3 is 26.2 Å². The number of nitrogens with two attached hydrogens (primary N) is 1. The van der Waals surface area contributed by atoms with Crippen LogP contribution in [0.4, 0.5) is 5.69 Å². The molecule has 0 aromatic heterocycles. The number of carbonyl (C=O) groups is 6. The van der Waals surface area contributed by atoms with Gasteiger partial charge in [-0.05, 0) is 67.7 Å². The van der Waals surface area contributed by atoms with Crippen LogP contribution in [0.25, 0.3) is 11.1 Å². The Morgan fingerprint density at radius 3 is 2.33 bits per heavy atom. The Kier molecular flexibility index (Phi) is 6.67. The van der Waals surface area contributed by atoms with Crippen molar-refractivity contribution < 1.29 is 39.0 Å². The summed E-state index contributed by atoms with van der Waals surface area (Å²) in [6.45, 7) is 0.215. The molecule has 0 heterocycles. The van der Waals surface area contributed by atoms with Crippen LogP contribution < -0.4 is 11.1 Å². The number of primary amides is 1. The second kappa shape index (κ2) is 9.76. The van der Waals surface area contributed by atoms with Gasteiger partial charge >= 0.3 is 0 Å². The topological polar surface area (TPSA) is 184 Å². The maximum absolute atomic E-state index is 13.7. The molecule has 2 saturated carbocycles. The monoisotopic (exact) mass is 547 g/mol. The third-order valence-corrected chi connectivity index (χ3v) is 8.23. The van der Waals surface area contributed by atoms with Crippen molar-refractivity contribution in [2.45, 2.75) is 24.9 Å². The van der Waals surface area contributed by atoms with E-state index in [1.54, 1.807) is 49.3 Å². The van der Waals surface area contributed by atoms with Gasteiger partial charge in [-0.3, -0.25) is 28.8 Å². The number of ketones is 4. The Labute approximate surface area is 229 Å². The van der Waals surface area contributed by atoms with Crippen LogP contribution in [0.5, 0.6) is 5.75 Å². The zero-order chi connectivity index (χ0) is 29.1. The molecule has 2 aromatic carbocycles. The van der Waals surface area contributed by atoms with Gasteiger partial charge in [0.25, 0.3) is 0 Å². The van der Waals surface area contributed by atoms with E-state index in [1.807, 2.05) is 0 Å². The molecule has 40 heavy (non-hydrogen) atoms. The van der Waals surface area contributed by atoms with Crippen molar-refractivity contribution in [3.05, 3.63) is 47.5 Å². The second-order valence-corrected chi connectivity index (χ2v) is 11.1. The third-order valence-electron chi connectivity index (χ3n) is 8.23. The molecule has 2 amide bonds. The fourth-order valence-corrected chi connectivity index (χ4v) is 6.46. The van der Waals surface area contributed by atoms with Gasteiger partial charge in [-0.25, -0.2) is 0 Å². The number of aromatic hydroxyl groups is 1. The summed E-state index contributed by atoms with van der Waals surface area (Å²) in [5.41, 5.74) is 4.91. The van der Waals surface area contributed by atoms with Crippen LogP contribution in [0, 0.1) is 23.7 Å². The van der Waals surface area contributed by atoms with E-state index >= 15 is 0 Å². The van der Waals surface area contributed by atoms with E-state index in [2.05, 4.69) is 5.32 Å². The fourth-order valence-electron chi connectivity index (χ4n) is 6.46. The molecule has 5 atom stereocenters. The molecule has 0 aliphatic heterocycles. The van der Waals surface area contributed by atoms with Gasteiger partial charge in [0.15, 0.2) is 34.7 Å². The minimum Gasteiger partial charge on any atom is -0.507 e. The Bertz CT molecular complexity index is 1480. The number of Topliss-reactive ketones (excluding diaryl/α,β-unsaturated/α-hetero) is 4. The SMILES string of the molecule is CN(C)CC(=O)Nc1ccc(-c2ccc(O)c3c2C[C@H]2C[C@H]4CC(=O)C(C(N)=O)C(=O)[C@@]4(O)C(=O)C2C3=O)cc1. The molecule has 0 spiro atoms. The summed E-state index contributed by atoms with van der Waals surface area (Å²) < 4.78 is 0. The predicted octanol–water partition coefficient (Wildman–Crippen LogP) is 0.494. The number of amides is 2. The number of phenolic OH excluding ortho intramolecular Hbond substituents is 1. The smallest absolute Gasteiger partial charge is 0.238 e. The minimum absolute atomic E-state index is 0.0208. The van der Waals surface area contributed by atoms with Crippen molar-refractivity contribution in [2.24, 2.45) is 29.4 Å². The third kappa shape index (κ3) is 4.22. The van der Waals surface area contributed by atoms with E-state index in [0.29, 0.717) is 22.4 Å². The van der Waals surface area contributed by atoms with Crippen LogP contribution in [0.1, 0.15) is 28.8 Å². The number of aliphatic hydroxyl groups is 1. The molecule has 0 saturated heterocycles. The van der Waals surface area contributed by atoms with Crippen molar-refractivity contribution in [1.82, 2.24) is 4.90 Å². The largest absolute Gasteiger partial charge is 0.507 e. The molecule has 11 heteroatoms. The van der Waals surface area contributed by atoms with Crippen molar-refractivity contribution in [1.29, 1.82) is 0 Å². The molecule has 3 aliphatic rings. The van der Waals surface area contributed by atoms with E-state index in [9.17, 15) is 39.0 Å². The molecule has 2 fully saturated rings. The highest BCUT2D eigenvalue weighted by Crippen LogP contribution is 2.51. The summed E-state index contributed by atoms with van der Waals surface area (Å²) in [5, 5.41) is 24.8. The molecule has 11 nitrogen and oxygen atoms in total. The lowest BCUT2D eigenvalue weighted by Gasteiger charge is -2.48. The summed E-state index contributed by atoms with van der Waals surface area (Å²) in [6.07, 6.45) is -0.191. The zero-order valence-electron chi connectivity index (χ0n) is 22.0. The quantitative estimate of drug-likeness (QED) is 0.387. The van der Waals surface area contributed by atoms with Gasteiger partial charge in [0.1, 0.15) is 5.75 Å². The molecular weight excluding hydrogens is 518 g/mol. The number of carbonyl (C=O) groups excluding carboxylic acids is 6. The van der Waals surface area contributed by atoms with Crippen LogP contribution >= 0.6 is 0 Å². The van der Waals surface area contributed by atoms with Gasteiger partial charge in [-0.1, -0.05) is 18.2 Å². The van der Waals surface area contributed by atoms with Crippen molar-refractivity contribution in [3.8, 4) is 16.9 Å². The zero-order valence-corrected chi connectivity index (χ0v) is 22.0. The van der Waals surface area contributed by atoms with Crippen LogP contribution in [-0.2, 0) is 30.4 Å². The first kappa shape index (κ1) is 27.4. The summed E-state index contributed by atoms with van der Waals surface area (Å²) in [5.74, 6) is -10.7. The summed E-state index contributed by atoms with van der Waals surface area (Å²) in [6, 6.07) is 9.97. The summed E-state index contributed by atoms with van der Waals surface area (Å²) in [7, 11) is 3.56. The molecule has 3 aliphatic carbocycles. The predicted molar refractivity (Wildman–Crippen MR) is 141 cm³/mol. The molecular formula is C29H29N3O8. The number of anilines is 1. The number of likely N-dealkylation sites (N-methyl/N-ethyl adjacent to an activating group) is 1. The summed E-state index contributed by atoms with van der Waals surface area (Å²) in [4.78, 5) is 78.5. The number of fused-ring (bicyclic) bond motifs is 3. The number of benzene rings is 2. The maximum atomic E-state index is 13.7. The molecule has 2 aromatic rings. The standard InChI is InChI=1S/C29H29N3O8/c1-32(2)12-21(35)31-16-5-3-13(4-6-16)17-7-8-19(33)23-18(17)10-14-9-15-11-20(34)24(28(30)39)27(38)29(15,40)26(37)22(14)25(23)36/h3-8,14-15,22,24,33,40H,9-12H2,1-2H3,(H2,30,39)(H,31,35)/t14-,15+,22?,24?,29+/m1/s1. The lowest BCUT2D eigenvalue weighted by atomic mass is 9.53. The lowest BCUT2D eigenvalue weighted by Crippen LogP contribution is -2.68. The summed E-state index contributed by atoms with van der Waals surface area (Å²) >= 11 is 0. The van der Waals surface area contributed by atoms with E-state index in [4.69, 9.17) is 5.73 Å². The Balaban J connectivity index is 1.50. The van der Waals surface area contributed by atoms with Crippen molar-refractivity contribution >= 4 is 40.6 Å². The number of nitrogens with one attached hydrogen (secondary N) is 1. The highest BCUT2D eigenvalue weighted by molar-refractivity contribution is 6.31. The van der Waals surface area contributed by atoms with E-state index < -0.39 is 58.3 Å². The van der Waals surface area contributed by atoms with E-state index in [1.165, 1.54) is 6.07 Å². The molecule has 208 valence electrons. The Morgan fingerprint density at radius 2 is 1.70 bits per heavy atom. The lowest BCUT2D eigenvalue weighted by molar-refractivity contribution is -0.175. The highest BCUT2D eigenvalue weighted by Gasteiger charge is 2.66.